The molecule has 6 atom stereocenters. The molecular formula is C20H36O2. The summed E-state index contributed by atoms with van der Waals surface area (Å²) >= 11 is 0. The van der Waals surface area contributed by atoms with Gasteiger partial charge in [-0.1, -0.05) is 34.1 Å². The fourth-order valence-electron chi connectivity index (χ4n) is 6.15. The van der Waals surface area contributed by atoms with Crippen molar-refractivity contribution in [3.8, 4) is 0 Å². The number of aliphatic hydroxyl groups excluding tert-OH is 1. The predicted octanol–water partition coefficient (Wildman–Crippen LogP) is 4.94. The van der Waals surface area contributed by atoms with Crippen LogP contribution in [-0.2, 0) is 4.74 Å². The molecule has 0 aromatic rings. The fraction of sp³-hybridized carbons (Fsp3) is 1.00. The maximum atomic E-state index is 10.1. The molecule has 3 aliphatic rings. The van der Waals surface area contributed by atoms with Crippen LogP contribution in [0.4, 0.5) is 0 Å². The Labute approximate surface area is 137 Å². The summed E-state index contributed by atoms with van der Waals surface area (Å²) in [5, 5.41) is 10.1. The van der Waals surface area contributed by atoms with Gasteiger partial charge < -0.3 is 9.84 Å². The molecule has 3 saturated carbocycles. The first-order chi connectivity index (χ1) is 10.2. The van der Waals surface area contributed by atoms with Crippen molar-refractivity contribution in [2.75, 3.05) is 0 Å². The molecule has 128 valence electrons. The van der Waals surface area contributed by atoms with Crippen molar-refractivity contribution in [2.24, 2.45) is 22.7 Å². The Morgan fingerprint density at radius 1 is 1.14 bits per heavy atom. The molecule has 3 aliphatic carbocycles. The highest BCUT2D eigenvalue weighted by molar-refractivity contribution is 5.11. The topological polar surface area (TPSA) is 29.5 Å². The standard InChI is InChI=1S/C20H36O2/c1-6-17(14(2)21)22-20-10-7-9-19(5,13-20)11-8-15-16(20)12-18(15,3)4/h14-17,21H,6-13H2,1-5H3. The van der Waals surface area contributed by atoms with E-state index in [1.807, 2.05) is 6.92 Å². The van der Waals surface area contributed by atoms with Gasteiger partial charge in [-0.2, -0.15) is 0 Å². The van der Waals surface area contributed by atoms with Gasteiger partial charge in [0, 0.05) is 0 Å². The van der Waals surface area contributed by atoms with E-state index in [9.17, 15) is 5.11 Å². The molecule has 3 fully saturated rings. The van der Waals surface area contributed by atoms with Crippen LogP contribution < -0.4 is 0 Å². The Hall–Kier alpha value is -0.0800. The summed E-state index contributed by atoms with van der Waals surface area (Å²) in [6.07, 6.45) is 9.72. The zero-order valence-electron chi connectivity index (χ0n) is 15.3. The quantitative estimate of drug-likeness (QED) is 0.797. The van der Waals surface area contributed by atoms with Gasteiger partial charge in [-0.15, -0.1) is 0 Å². The zero-order valence-corrected chi connectivity index (χ0v) is 15.3. The molecule has 0 aliphatic heterocycles. The maximum absolute atomic E-state index is 10.1. The summed E-state index contributed by atoms with van der Waals surface area (Å²) in [5.41, 5.74) is 0.991. The first-order valence-electron chi connectivity index (χ1n) is 9.57. The lowest BCUT2D eigenvalue weighted by Crippen LogP contribution is -2.59. The lowest BCUT2D eigenvalue weighted by Gasteiger charge is -2.60. The van der Waals surface area contributed by atoms with Gasteiger partial charge in [-0.05, 0) is 74.5 Å². The fourth-order valence-corrected chi connectivity index (χ4v) is 6.15. The highest BCUT2D eigenvalue weighted by Crippen LogP contribution is 2.66. The number of aliphatic hydroxyl groups is 1. The van der Waals surface area contributed by atoms with Gasteiger partial charge in [-0.25, -0.2) is 0 Å². The summed E-state index contributed by atoms with van der Waals surface area (Å²) in [6, 6.07) is 0. The summed E-state index contributed by atoms with van der Waals surface area (Å²) < 4.78 is 6.78. The van der Waals surface area contributed by atoms with Gasteiger partial charge in [0.25, 0.3) is 0 Å². The lowest BCUT2D eigenvalue weighted by molar-refractivity contribution is -0.228. The summed E-state index contributed by atoms with van der Waals surface area (Å²) in [4.78, 5) is 0. The molecule has 2 nitrogen and oxygen atoms in total. The third-order valence-electron chi connectivity index (χ3n) is 7.40. The van der Waals surface area contributed by atoms with Crippen LogP contribution in [0.5, 0.6) is 0 Å². The molecule has 3 rings (SSSR count). The van der Waals surface area contributed by atoms with E-state index in [0.717, 1.165) is 18.3 Å². The maximum Gasteiger partial charge on any atom is 0.0836 e. The van der Waals surface area contributed by atoms with E-state index in [1.165, 1.54) is 44.9 Å². The van der Waals surface area contributed by atoms with Crippen molar-refractivity contribution in [3.05, 3.63) is 0 Å². The highest BCUT2D eigenvalue weighted by atomic mass is 16.5. The van der Waals surface area contributed by atoms with Crippen LogP contribution in [0.1, 0.15) is 86.0 Å². The van der Waals surface area contributed by atoms with Crippen LogP contribution in [0.25, 0.3) is 0 Å². The Balaban J connectivity index is 1.90. The van der Waals surface area contributed by atoms with Crippen LogP contribution in [0.2, 0.25) is 0 Å². The van der Waals surface area contributed by atoms with Crippen molar-refractivity contribution in [1.29, 1.82) is 0 Å². The van der Waals surface area contributed by atoms with Gasteiger partial charge in [0.2, 0.25) is 0 Å². The number of hydrogen-bond acceptors (Lipinski definition) is 2. The zero-order chi connectivity index (χ0) is 16.2. The van der Waals surface area contributed by atoms with Crippen molar-refractivity contribution in [1.82, 2.24) is 0 Å². The van der Waals surface area contributed by atoms with Crippen LogP contribution in [0.15, 0.2) is 0 Å². The molecule has 0 saturated heterocycles. The molecule has 22 heavy (non-hydrogen) atoms. The minimum Gasteiger partial charge on any atom is -0.391 e. The van der Waals surface area contributed by atoms with E-state index in [2.05, 4.69) is 27.7 Å². The van der Waals surface area contributed by atoms with Gasteiger partial charge in [0.05, 0.1) is 17.8 Å². The van der Waals surface area contributed by atoms with E-state index in [1.54, 1.807) is 0 Å². The van der Waals surface area contributed by atoms with E-state index < -0.39 is 0 Å². The number of hydrogen-bond donors (Lipinski definition) is 1. The Bertz CT molecular complexity index is 416. The van der Waals surface area contributed by atoms with Gasteiger partial charge >= 0.3 is 0 Å². The third kappa shape index (κ3) is 2.65. The first-order valence-corrected chi connectivity index (χ1v) is 9.57. The SMILES string of the molecule is CCC(OC12CCCC(C)(CCC3C1CC3(C)C)C2)C(C)O. The molecule has 6 unspecified atom stereocenters. The van der Waals surface area contributed by atoms with E-state index >= 15 is 0 Å². The smallest absolute Gasteiger partial charge is 0.0836 e. The Kier molecular flexibility index (Phi) is 4.18. The van der Waals surface area contributed by atoms with Crippen molar-refractivity contribution in [2.45, 2.75) is 104 Å². The number of rotatable bonds is 4. The Morgan fingerprint density at radius 2 is 1.86 bits per heavy atom. The Morgan fingerprint density at radius 3 is 2.45 bits per heavy atom. The average molecular weight is 309 g/mol. The lowest BCUT2D eigenvalue weighted by atomic mass is 9.49. The van der Waals surface area contributed by atoms with Gasteiger partial charge in [-0.3, -0.25) is 0 Å². The monoisotopic (exact) mass is 308 g/mol. The molecule has 0 aromatic carbocycles. The normalized spacial score (nSPS) is 46.1. The van der Waals surface area contributed by atoms with Crippen LogP contribution in [0, 0.1) is 22.7 Å². The van der Waals surface area contributed by atoms with E-state index in [-0.39, 0.29) is 17.8 Å². The summed E-state index contributed by atoms with van der Waals surface area (Å²) in [7, 11) is 0. The van der Waals surface area contributed by atoms with Crippen LogP contribution in [0.3, 0.4) is 0 Å². The van der Waals surface area contributed by atoms with Gasteiger partial charge in [0.1, 0.15) is 0 Å². The third-order valence-corrected chi connectivity index (χ3v) is 7.40. The van der Waals surface area contributed by atoms with Crippen LogP contribution in [-0.4, -0.2) is 22.9 Å². The summed E-state index contributed by atoms with van der Waals surface area (Å²) in [6.45, 7) is 11.4. The summed E-state index contributed by atoms with van der Waals surface area (Å²) in [5.74, 6) is 1.54. The minimum absolute atomic E-state index is 0.00446. The van der Waals surface area contributed by atoms with E-state index in [4.69, 9.17) is 4.74 Å². The second-order valence-corrected chi connectivity index (χ2v) is 9.66. The number of ether oxygens (including phenoxy) is 1. The molecule has 0 radical (unpaired) electrons. The van der Waals surface area contributed by atoms with E-state index in [0.29, 0.717) is 10.8 Å². The number of fused-ring (bicyclic) bond motifs is 4. The molecule has 0 spiro atoms. The van der Waals surface area contributed by atoms with Crippen molar-refractivity contribution >= 4 is 0 Å². The molecular weight excluding hydrogens is 272 g/mol. The molecule has 0 heterocycles. The van der Waals surface area contributed by atoms with Gasteiger partial charge in [0.15, 0.2) is 0 Å². The molecule has 2 heteroatoms. The van der Waals surface area contributed by atoms with Crippen molar-refractivity contribution < 1.29 is 9.84 Å². The van der Waals surface area contributed by atoms with Crippen LogP contribution >= 0.6 is 0 Å². The largest absolute Gasteiger partial charge is 0.391 e. The second-order valence-electron chi connectivity index (χ2n) is 9.66. The predicted molar refractivity (Wildman–Crippen MR) is 90.8 cm³/mol. The van der Waals surface area contributed by atoms with Crippen molar-refractivity contribution in [3.63, 3.8) is 0 Å². The molecule has 0 amide bonds. The molecule has 0 aromatic heterocycles. The average Bonchev–Trinajstić information content (AvgIpc) is 2.48. The second kappa shape index (κ2) is 5.48. The molecule has 2 bridgehead atoms. The first kappa shape index (κ1) is 16.8. The highest BCUT2D eigenvalue weighted by Gasteiger charge is 2.61. The minimum atomic E-state index is -0.359. The molecule has 1 N–H and O–H groups in total.